The number of nitrogens with zero attached hydrogens (tertiary/aromatic N) is 1. The predicted molar refractivity (Wildman–Crippen MR) is 112 cm³/mol. The van der Waals surface area contributed by atoms with Crippen LogP contribution in [0.3, 0.4) is 0 Å². The number of benzene rings is 3. The maximum Gasteiger partial charge on any atom is 0.169 e. The summed E-state index contributed by atoms with van der Waals surface area (Å²) in [6, 6.07) is 19.4. The molecule has 0 unspecified atom stereocenters. The lowest BCUT2D eigenvalue weighted by atomic mass is 10.0. The van der Waals surface area contributed by atoms with Crippen LogP contribution < -0.4 is 5.32 Å². The summed E-state index contributed by atoms with van der Waals surface area (Å²) < 4.78 is 2.35. The second kappa shape index (κ2) is 6.64. The first-order valence-electron chi connectivity index (χ1n) is 9.46. The number of aryl methyl sites for hydroxylation is 1. The lowest BCUT2D eigenvalue weighted by Gasteiger charge is -2.28. The molecule has 0 saturated heterocycles. The molecule has 27 heavy (non-hydrogen) atoms. The van der Waals surface area contributed by atoms with Crippen molar-refractivity contribution in [1.29, 1.82) is 0 Å². The van der Waals surface area contributed by atoms with Gasteiger partial charge in [-0.15, -0.1) is 0 Å². The van der Waals surface area contributed by atoms with Crippen molar-refractivity contribution in [3.63, 3.8) is 0 Å². The van der Waals surface area contributed by atoms with Crippen LogP contribution in [0, 0.1) is 0 Å². The largest absolute Gasteiger partial charge is 0.367 e. The van der Waals surface area contributed by atoms with Crippen LogP contribution in [0.1, 0.15) is 26.3 Å². The summed E-state index contributed by atoms with van der Waals surface area (Å²) in [5.74, 6) is 0. The molecule has 0 aliphatic rings. The fourth-order valence-corrected chi connectivity index (χ4v) is 3.78. The Morgan fingerprint density at radius 3 is 2.48 bits per heavy atom. The molecular formula is C23H26N2O2. The minimum atomic E-state index is -1.41. The zero-order valence-corrected chi connectivity index (χ0v) is 16.0. The van der Waals surface area contributed by atoms with Crippen LogP contribution in [0.2, 0.25) is 0 Å². The van der Waals surface area contributed by atoms with Crippen LogP contribution in [-0.2, 0) is 13.1 Å². The molecule has 0 aliphatic heterocycles. The molecule has 0 saturated carbocycles. The van der Waals surface area contributed by atoms with Gasteiger partial charge in [0, 0.05) is 34.9 Å². The van der Waals surface area contributed by atoms with Gasteiger partial charge < -0.3 is 20.1 Å². The van der Waals surface area contributed by atoms with Gasteiger partial charge in [-0.2, -0.15) is 0 Å². The smallest absolute Gasteiger partial charge is 0.169 e. The third-order valence-corrected chi connectivity index (χ3v) is 5.53. The molecule has 0 aliphatic carbocycles. The van der Waals surface area contributed by atoms with Crippen LogP contribution >= 0.6 is 0 Å². The first-order valence-corrected chi connectivity index (χ1v) is 9.46. The summed E-state index contributed by atoms with van der Waals surface area (Å²) >= 11 is 0. The molecule has 4 nitrogen and oxygen atoms in total. The highest BCUT2D eigenvalue weighted by atomic mass is 16.5. The highest BCUT2D eigenvalue weighted by molar-refractivity contribution is 6.20. The molecule has 4 heteroatoms. The summed E-state index contributed by atoms with van der Waals surface area (Å²) in [5, 5.41) is 27.3. The van der Waals surface area contributed by atoms with E-state index in [4.69, 9.17) is 0 Å². The van der Waals surface area contributed by atoms with Crippen molar-refractivity contribution >= 4 is 32.6 Å². The van der Waals surface area contributed by atoms with Crippen LogP contribution in [-0.4, -0.2) is 26.6 Å². The van der Waals surface area contributed by atoms with E-state index in [-0.39, 0.29) is 0 Å². The van der Waals surface area contributed by atoms with Gasteiger partial charge in [-0.1, -0.05) is 42.5 Å². The normalized spacial score (nSPS) is 12.7. The predicted octanol–water partition coefficient (Wildman–Crippen LogP) is 4.15. The topological polar surface area (TPSA) is 57.4 Å². The van der Waals surface area contributed by atoms with E-state index in [1.54, 1.807) is 13.8 Å². The number of hydrogen-bond acceptors (Lipinski definition) is 3. The fraction of sp³-hybridized carbons (Fsp3) is 0.304. The Hall–Kier alpha value is -2.40. The highest BCUT2D eigenvalue weighted by Gasteiger charge is 2.25. The third-order valence-electron chi connectivity index (χ3n) is 5.53. The van der Waals surface area contributed by atoms with Crippen LogP contribution in [0.25, 0.3) is 32.6 Å². The highest BCUT2D eigenvalue weighted by Crippen LogP contribution is 2.35. The molecule has 1 heterocycles. The van der Waals surface area contributed by atoms with Crippen molar-refractivity contribution < 1.29 is 10.2 Å². The molecule has 3 aromatic carbocycles. The molecule has 1 aromatic heterocycles. The van der Waals surface area contributed by atoms with Gasteiger partial charge in [0.05, 0.1) is 5.54 Å². The molecule has 4 aromatic rings. The molecule has 140 valence electrons. The summed E-state index contributed by atoms with van der Waals surface area (Å²) in [7, 11) is 0. The Morgan fingerprint density at radius 1 is 0.963 bits per heavy atom. The van der Waals surface area contributed by atoms with E-state index >= 15 is 0 Å². The SMILES string of the molecule is CCn1c2cc(CNC(C)(C)C(O)O)ccc2c2c3ccccc3ccc21. The fourth-order valence-electron chi connectivity index (χ4n) is 3.78. The maximum absolute atomic E-state index is 9.50. The number of aliphatic hydroxyl groups is 2. The van der Waals surface area contributed by atoms with E-state index in [0.29, 0.717) is 6.54 Å². The standard InChI is InChI=1S/C23H26N2O2/c1-4-25-19-12-10-16-7-5-6-8-17(16)21(19)18-11-9-15(13-20(18)25)14-24-23(2,3)22(26)27/h5-13,22,24,26-27H,4,14H2,1-3H3. The summed E-state index contributed by atoms with van der Waals surface area (Å²) in [6.07, 6.45) is -1.41. The first-order chi connectivity index (χ1) is 12.9. The lowest BCUT2D eigenvalue weighted by molar-refractivity contribution is -0.0973. The summed E-state index contributed by atoms with van der Waals surface area (Å²) in [4.78, 5) is 0. The van der Waals surface area contributed by atoms with E-state index in [0.717, 1.165) is 12.1 Å². The van der Waals surface area contributed by atoms with Crippen LogP contribution in [0.4, 0.5) is 0 Å². The second-order valence-corrected chi connectivity index (χ2v) is 7.73. The minimum absolute atomic E-state index is 0.576. The number of nitrogens with one attached hydrogen (secondary N) is 1. The molecule has 0 bridgehead atoms. The molecule has 0 atom stereocenters. The summed E-state index contributed by atoms with van der Waals surface area (Å²) in [6.45, 7) is 7.21. The first kappa shape index (κ1) is 18.0. The maximum atomic E-state index is 9.50. The Bertz CT molecular complexity index is 1130. The Balaban J connectivity index is 1.86. The molecule has 4 rings (SSSR count). The minimum Gasteiger partial charge on any atom is -0.367 e. The van der Waals surface area contributed by atoms with Gasteiger partial charge in [0.25, 0.3) is 0 Å². The van der Waals surface area contributed by atoms with Crippen molar-refractivity contribution in [2.75, 3.05) is 0 Å². The van der Waals surface area contributed by atoms with Gasteiger partial charge in [0.2, 0.25) is 0 Å². The van der Waals surface area contributed by atoms with Gasteiger partial charge in [0.1, 0.15) is 0 Å². The molecule has 0 radical (unpaired) electrons. The molecule has 3 N–H and O–H groups in total. The summed E-state index contributed by atoms with van der Waals surface area (Å²) in [5.41, 5.74) is 2.83. The average molecular weight is 362 g/mol. The van der Waals surface area contributed by atoms with Gasteiger partial charge in [-0.25, -0.2) is 0 Å². The van der Waals surface area contributed by atoms with Crippen LogP contribution in [0.5, 0.6) is 0 Å². The van der Waals surface area contributed by atoms with Crippen LogP contribution in [0.15, 0.2) is 54.6 Å². The second-order valence-electron chi connectivity index (χ2n) is 7.73. The van der Waals surface area contributed by atoms with Crippen molar-refractivity contribution in [2.45, 2.75) is 45.7 Å². The third kappa shape index (κ3) is 3.00. The number of hydrogen-bond donors (Lipinski definition) is 3. The van der Waals surface area contributed by atoms with E-state index in [2.05, 4.69) is 71.4 Å². The van der Waals surface area contributed by atoms with E-state index in [9.17, 15) is 10.2 Å². The van der Waals surface area contributed by atoms with Crippen molar-refractivity contribution in [1.82, 2.24) is 9.88 Å². The van der Waals surface area contributed by atoms with Crippen molar-refractivity contribution in [3.05, 3.63) is 60.2 Å². The van der Waals surface area contributed by atoms with E-state index < -0.39 is 11.8 Å². The zero-order chi connectivity index (χ0) is 19.2. The number of rotatable bonds is 5. The van der Waals surface area contributed by atoms with Gasteiger partial charge in [0.15, 0.2) is 6.29 Å². The lowest BCUT2D eigenvalue weighted by Crippen LogP contribution is -2.49. The van der Waals surface area contributed by atoms with Gasteiger partial charge in [-0.3, -0.25) is 0 Å². The number of aliphatic hydroxyl groups excluding tert-OH is 1. The average Bonchev–Trinajstić information content (AvgIpc) is 2.99. The molecular weight excluding hydrogens is 336 g/mol. The Kier molecular flexibility index (Phi) is 4.42. The van der Waals surface area contributed by atoms with E-state index in [1.807, 2.05) is 0 Å². The Morgan fingerprint density at radius 2 is 1.74 bits per heavy atom. The van der Waals surface area contributed by atoms with Crippen molar-refractivity contribution in [2.24, 2.45) is 0 Å². The monoisotopic (exact) mass is 362 g/mol. The quantitative estimate of drug-likeness (QED) is 0.468. The van der Waals surface area contributed by atoms with Gasteiger partial charge in [-0.05, 0) is 49.2 Å². The van der Waals surface area contributed by atoms with Gasteiger partial charge >= 0.3 is 0 Å². The number of aromatic nitrogens is 1. The molecule has 0 fully saturated rings. The molecule has 0 amide bonds. The Labute approximate surface area is 159 Å². The van der Waals surface area contributed by atoms with E-state index in [1.165, 1.54) is 32.6 Å². The molecule has 0 spiro atoms. The number of fused-ring (bicyclic) bond motifs is 5. The van der Waals surface area contributed by atoms with Crippen molar-refractivity contribution in [3.8, 4) is 0 Å². The zero-order valence-electron chi connectivity index (χ0n) is 16.0.